The van der Waals surface area contributed by atoms with Crippen LogP contribution in [0.5, 0.6) is 0 Å². The van der Waals surface area contributed by atoms with Gasteiger partial charge in [0.25, 0.3) is 0 Å². The van der Waals surface area contributed by atoms with E-state index in [9.17, 15) is 9.59 Å². The predicted octanol–water partition coefficient (Wildman–Crippen LogP) is 0.582. The standard InChI is InChI=1S/C13H18N2O3/c1-9(14)12(16)15-10(2)13(17)18-8-11-6-4-3-5-7-11/h3-7,9-10H,8,14H2,1-2H3,(H,15,16)/t9-,10-/m0/s1/i/hD. The summed E-state index contributed by atoms with van der Waals surface area (Å²) in [6.45, 7) is 3.25. The van der Waals surface area contributed by atoms with E-state index in [0.717, 1.165) is 5.56 Å². The van der Waals surface area contributed by atoms with Gasteiger partial charge in [0.05, 0.1) is 6.04 Å². The molecule has 0 aromatic heterocycles. The van der Waals surface area contributed by atoms with Gasteiger partial charge in [-0.15, -0.1) is 0 Å². The van der Waals surface area contributed by atoms with Gasteiger partial charge in [-0.05, 0) is 19.4 Å². The van der Waals surface area contributed by atoms with Crippen molar-refractivity contribution < 1.29 is 15.7 Å². The molecule has 0 unspecified atom stereocenters. The van der Waals surface area contributed by atoms with Crippen molar-refractivity contribution >= 4 is 11.9 Å². The first-order valence-corrected chi connectivity index (χ1v) is 5.72. The molecule has 0 aliphatic rings. The molecule has 0 bridgehead atoms. The first kappa shape index (κ1) is 12.6. The highest BCUT2D eigenvalue weighted by Gasteiger charge is 2.18. The number of hydrogen-bond acceptors (Lipinski definition) is 4. The molecule has 3 N–H and O–H groups in total. The van der Waals surface area contributed by atoms with Crippen LogP contribution in [-0.2, 0) is 20.9 Å². The van der Waals surface area contributed by atoms with E-state index in [2.05, 4.69) is 11.0 Å². The van der Waals surface area contributed by atoms with Crippen molar-refractivity contribution in [2.45, 2.75) is 32.5 Å². The monoisotopic (exact) mass is 251 g/mol. The summed E-state index contributed by atoms with van der Waals surface area (Å²) in [4.78, 5) is 23.1. The molecular formula is C13H18N2O3. The van der Waals surface area contributed by atoms with Crippen LogP contribution in [-0.4, -0.2) is 24.0 Å². The number of ether oxygens (including phenoxy) is 1. The largest absolute Gasteiger partial charge is 0.459 e. The molecule has 1 aromatic carbocycles. The van der Waals surface area contributed by atoms with E-state index in [1.807, 2.05) is 30.3 Å². The zero-order chi connectivity index (χ0) is 14.3. The molecule has 0 fully saturated rings. The zero-order valence-electron chi connectivity index (χ0n) is 11.5. The molecule has 1 aromatic rings. The van der Waals surface area contributed by atoms with Gasteiger partial charge in [0, 0.05) is 0 Å². The van der Waals surface area contributed by atoms with Gasteiger partial charge in [-0.25, -0.2) is 4.79 Å². The van der Waals surface area contributed by atoms with Crippen molar-refractivity contribution in [2.75, 3.05) is 0 Å². The minimum Gasteiger partial charge on any atom is -0.459 e. The Labute approximate surface area is 108 Å². The van der Waals surface area contributed by atoms with Gasteiger partial charge < -0.3 is 15.8 Å². The SMILES string of the molecule is [2H]N[C@@H](C)C(=O)N[C@@H](C)C(=O)OCc1ccccc1. The Morgan fingerprint density at radius 2 is 2.06 bits per heavy atom. The first-order chi connectivity index (χ1) is 9.04. The van der Waals surface area contributed by atoms with Crippen LogP contribution in [0.4, 0.5) is 0 Å². The minimum atomic E-state index is -0.744. The second kappa shape index (κ2) is 6.76. The highest BCUT2D eigenvalue weighted by atomic mass is 16.5. The number of hydrogen-bond donors (Lipinski definition) is 2. The Bertz CT molecular complexity index is 425. The Kier molecular flexibility index (Phi) is 4.72. The molecule has 0 aliphatic heterocycles. The lowest BCUT2D eigenvalue weighted by Gasteiger charge is -2.14. The zero-order valence-corrected chi connectivity index (χ0v) is 10.5. The number of rotatable bonds is 6. The van der Waals surface area contributed by atoms with Gasteiger partial charge in [-0.3, -0.25) is 4.79 Å². The van der Waals surface area contributed by atoms with Gasteiger partial charge in [-0.2, -0.15) is 0 Å². The Morgan fingerprint density at radius 1 is 1.39 bits per heavy atom. The lowest BCUT2D eigenvalue weighted by atomic mass is 10.2. The summed E-state index contributed by atoms with van der Waals surface area (Å²) < 4.78 is 11.9. The van der Waals surface area contributed by atoms with E-state index in [1.165, 1.54) is 6.92 Å². The molecule has 0 saturated carbocycles. The van der Waals surface area contributed by atoms with Crippen LogP contribution in [0.1, 0.15) is 19.4 Å². The third-order valence-electron chi connectivity index (χ3n) is 2.33. The number of nitrogens with one attached hydrogen (secondary N) is 1. The van der Waals surface area contributed by atoms with Crippen LogP contribution in [0.25, 0.3) is 0 Å². The number of benzene rings is 1. The topological polar surface area (TPSA) is 81.4 Å². The van der Waals surface area contributed by atoms with Crippen LogP contribution in [0.3, 0.4) is 0 Å². The molecule has 0 saturated heterocycles. The van der Waals surface area contributed by atoms with Crippen LogP contribution >= 0.6 is 0 Å². The molecule has 5 heteroatoms. The molecule has 0 spiro atoms. The van der Waals surface area contributed by atoms with Crippen LogP contribution in [0.2, 0.25) is 1.41 Å². The van der Waals surface area contributed by atoms with Crippen molar-refractivity contribution in [2.24, 2.45) is 5.73 Å². The molecule has 0 heterocycles. The molecule has 18 heavy (non-hydrogen) atoms. The molecule has 5 nitrogen and oxygen atoms in total. The summed E-state index contributed by atoms with van der Waals surface area (Å²) in [7, 11) is 0. The van der Waals surface area contributed by atoms with Gasteiger partial charge in [-0.1, -0.05) is 30.3 Å². The summed E-state index contributed by atoms with van der Waals surface area (Å²) in [5.41, 5.74) is 2.94. The van der Waals surface area contributed by atoms with Crippen molar-refractivity contribution in [1.82, 2.24) is 5.32 Å². The minimum absolute atomic E-state index is 0.173. The van der Waals surface area contributed by atoms with E-state index in [-0.39, 0.29) is 6.61 Å². The Hall–Kier alpha value is -1.88. The third kappa shape index (κ3) is 4.55. The molecule has 2 atom stereocenters. The van der Waals surface area contributed by atoms with E-state index in [1.54, 1.807) is 6.92 Å². The lowest BCUT2D eigenvalue weighted by Crippen LogP contribution is -2.46. The maximum Gasteiger partial charge on any atom is 0.328 e. The smallest absolute Gasteiger partial charge is 0.328 e. The third-order valence-corrected chi connectivity index (χ3v) is 2.33. The Morgan fingerprint density at radius 3 is 2.67 bits per heavy atom. The Balaban J connectivity index is 2.39. The second-order valence-corrected chi connectivity index (χ2v) is 4.05. The van der Waals surface area contributed by atoms with Crippen LogP contribution in [0, 0.1) is 0 Å². The van der Waals surface area contributed by atoms with Crippen molar-refractivity contribution in [1.29, 1.82) is 0 Å². The number of carbonyl (C=O) groups is 2. The summed E-state index contributed by atoms with van der Waals surface area (Å²) in [5.74, 6) is -0.923. The molecule has 98 valence electrons. The second-order valence-electron chi connectivity index (χ2n) is 4.05. The summed E-state index contributed by atoms with van der Waals surface area (Å²) in [6.07, 6.45) is 0. The number of amides is 1. The fraction of sp³-hybridized carbons (Fsp3) is 0.385. The van der Waals surface area contributed by atoms with E-state index >= 15 is 0 Å². The normalized spacial score (nSPS) is 14.2. The molecule has 1 rings (SSSR count). The average molecular weight is 251 g/mol. The van der Waals surface area contributed by atoms with Crippen LogP contribution in [0.15, 0.2) is 30.3 Å². The van der Waals surface area contributed by atoms with E-state index in [0.29, 0.717) is 0 Å². The summed E-state index contributed by atoms with van der Waals surface area (Å²) >= 11 is 0. The van der Waals surface area contributed by atoms with Crippen molar-refractivity contribution in [3.05, 3.63) is 35.9 Å². The quantitative estimate of drug-likeness (QED) is 0.725. The molecular weight excluding hydrogens is 232 g/mol. The molecule has 0 aliphatic carbocycles. The predicted molar refractivity (Wildman–Crippen MR) is 67.5 cm³/mol. The summed E-state index contributed by atoms with van der Waals surface area (Å²) in [6, 6.07) is 7.87. The number of nitrogens with two attached hydrogens (primary N) is 1. The first-order valence-electron chi connectivity index (χ1n) is 6.22. The van der Waals surface area contributed by atoms with Crippen LogP contribution < -0.4 is 11.0 Å². The fourth-order valence-electron chi connectivity index (χ4n) is 1.25. The van der Waals surface area contributed by atoms with Crippen molar-refractivity contribution in [3.8, 4) is 0 Å². The fourth-order valence-corrected chi connectivity index (χ4v) is 1.25. The maximum atomic E-state index is 11.7. The van der Waals surface area contributed by atoms with Gasteiger partial charge in [0.2, 0.25) is 5.91 Å². The van der Waals surface area contributed by atoms with Gasteiger partial charge in [0.15, 0.2) is 0 Å². The van der Waals surface area contributed by atoms with Crippen molar-refractivity contribution in [3.63, 3.8) is 0 Å². The number of esters is 1. The summed E-state index contributed by atoms with van der Waals surface area (Å²) in [5, 5.41) is 2.47. The molecule has 0 radical (unpaired) electrons. The van der Waals surface area contributed by atoms with E-state index < -0.39 is 24.0 Å². The van der Waals surface area contributed by atoms with Gasteiger partial charge >= 0.3 is 5.97 Å². The highest BCUT2D eigenvalue weighted by molar-refractivity contribution is 5.86. The van der Waals surface area contributed by atoms with Gasteiger partial charge in [0.1, 0.15) is 14.1 Å². The lowest BCUT2D eigenvalue weighted by molar-refractivity contribution is -0.148. The maximum absolute atomic E-state index is 11.7. The average Bonchev–Trinajstić information content (AvgIpc) is 2.44. The number of carbonyl (C=O) groups excluding carboxylic acids is 2. The highest BCUT2D eigenvalue weighted by Crippen LogP contribution is 2.01. The van der Waals surface area contributed by atoms with E-state index in [4.69, 9.17) is 6.15 Å². The molecule has 1 amide bonds.